The first-order valence-electron chi connectivity index (χ1n) is 4.06. The van der Waals surface area contributed by atoms with Gasteiger partial charge in [0.2, 0.25) is 0 Å². The highest BCUT2D eigenvalue weighted by Gasteiger charge is 2.13. The fourth-order valence-corrected chi connectivity index (χ4v) is 1.72. The van der Waals surface area contributed by atoms with Gasteiger partial charge >= 0.3 is 0 Å². The van der Waals surface area contributed by atoms with E-state index in [1.165, 1.54) is 11.3 Å². The Morgan fingerprint density at radius 2 is 2.23 bits per heavy atom. The molecule has 0 spiro atoms. The summed E-state index contributed by atoms with van der Waals surface area (Å²) < 4.78 is 5.04. The van der Waals surface area contributed by atoms with E-state index in [-0.39, 0.29) is 11.9 Å². The zero-order valence-corrected chi connectivity index (χ0v) is 8.77. The SMILES string of the molecule is COc1cscc1C(=O)NC(C)C. The molecule has 0 aliphatic rings. The van der Waals surface area contributed by atoms with Crippen LogP contribution >= 0.6 is 11.3 Å². The fraction of sp³-hybridized carbons (Fsp3) is 0.444. The van der Waals surface area contributed by atoms with Gasteiger partial charge in [0.05, 0.1) is 12.7 Å². The van der Waals surface area contributed by atoms with Gasteiger partial charge in [-0.2, -0.15) is 0 Å². The van der Waals surface area contributed by atoms with Crippen LogP contribution < -0.4 is 10.1 Å². The largest absolute Gasteiger partial charge is 0.495 e. The highest BCUT2D eigenvalue weighted by atomic mass is 32.1. The lowest BCUT2D eigenvalue weighted by Gasteiger charge is -2.07. The van der Waals surface area contributed by atoms with Crippen LogP contribution in [0.2, 0.25) is 0 Å². The number of thiophene rings is 1. The van der Waals surface area contributed by atoms with Gasteiger partial charge in [-0.05, 0) is 13.8 Å². The summed E-state index contributed by atoms with van der Waals surface area (Å²) in [5, 5.41) is 6.41. The smallest absolute Gasteiger partial charge is 0.256 e. The second kappa shape index (κ2) is 4.28. The predicted octanol–water partition coefficient (Wildman–Crippen LogP) is 1.89. The van der Waals surface area contributed by atoms with Crippen LogP contribution in [0.4, 0.5) is 0 Å². The Bertz CT molecular complexity index is 294. The summed E-state index contributed by atoms with van der Waals surface area (Å²) in [6, 6.07) is 0.150. The van der Waals surface area contributed by atoms with Crippen LogP contribution in [0.1, 0.15) is 24.2 Å². The molecule has 0 aliphatic carbocycles. The highest BCUT2D eigenvalue weighted by Crippen LogP contribution is 2.22. The third-order valence-electron chi connectivity index (χ3n) is 1.51. The summed E-state index contributed by atoms with van der Waals surface area (Å²) in [4.78, 5) is 11.5. The van der Waals surface area contributed by atoms with E-state index in [0.717, 1.165) is 0 Å². The predicted molar refractivity (Wildman–Crippen MR) is 53.5 cm³/mol. The molecule has 1 rings (SSSR count). The van der Waals surface area contributed by atoms with Gasteiger partial charge in [0.25, 0.3) is 5.91 Å². The van der Waals surface area contributed by atoms with Gasteiger partial charge in [-0.3, -0.25) is 4.79 Å². The van der Waals surface area contributed by atoms with Crippen molar-refractivity contribution in [3.05, 3.63) is 16.3 Å². The van der Waals surface area contributed by atoms with Gasteiger partial charge in [-0.1, -0.05) is 0 Å². The molecule has 1 aromatic heterocycles. The summed E-state index contributed by atoms with van der Waals surface area (Å²) >= 11 is 1.46. The van der Waals surface area contributed by atoms with Crippen LogP contribution in [-0.4, -0.2) is 19.1 Å². The molecule has 0 fully saturated rings. The van der Waals surface area contributed by atoms with Gasteiger partial charge in [-0.15, -0.1) is 11.3 Å². The molecule has 4 heteroatoms. The zero-order chi connectivity index (χ0) is 9.84. The van der Waals surface area contributed by atoms with Gasteiger partial charge in [0, 0.05) is 16.8 Å². The van der Waals surface area contributed by atoms with Crippen LogP contribution in [0.15, 0.2) is 10.8 Å². The number of nitrogens with one attached hydrogen (secondary N) is 1. The molecule has 0 unspecified atom stereocenters. The Morgan fingerprint density at radius 1 is 1.54 bits per heavy atom. The number of rotatable bonds is 3. The number of amides is 1. The van der Waals surface area contributed by atoms with Crippen LogP contribution in [0.25, 0.3) is 0 Å². The topological polar surface area (TPSA) is 38.3 Å². The molecule has 0 radical (unpaired) electrons. The molecule has 1 aromatic rings. The van der Waals surface area contributed by atoms with Crippen molar-refractivity contribution in [2.75, 3.05) is 7.11 Å². The molecular weight excluding hydrogens is 186 g/mol. The Balaban J connectivity index is 2.76. The van der Waals surface area contributed by atoms with Crippen molar-refractivity contribution < 1.29 is 9.53 Å². The van der Waals surface area contributed by atoms with Gasteiger partial charge in [0.1, 0.15) is 5.75 Å². The van der Waals surface area contributed by atoms with E-state index in [0.29, 0.717) is 11.3 Å². The minimum absolute atomic E-state index is 0.0758. The van der Waals surface area contributed by atoms with E-state index in [1.807, 2.05) is 19.2 Å². The van der Waals surface area contributed by atoms with Crippen molar-refractivity contribution >= 4 is 17.2 Å². The summed E-state index contributed by atoms with van der Waals surface area (Å²) in [6.45, 7) is 3.85. The number of carbonyl (C=O) groups excluding carboxylic acids is 1. The molecule has 0 bridgehead atoms. The molecular formula is C9H13NO2S. The van der Waals surface area contributed by atoms with Crippen molar-refractivity contribution in [3.8, 4) is 5.75 Å². The Labute approximate surface area is 81.7 Å². The molecule has 0 saturated heterocycles. The average molecular weight is 199 g/mol. The second-order valence-electron chi connectivity index (χ2n) is 2.98. The summed E-state index contributed by atoms with van der Waals surface area (Å²) in [5.41, 5.74) is 0.612. The highest BCUT2D eigenvalue weighted by molar-refractivity contribution is 7.08. The molecule has 0 aromatic carbocycles. The lowest BCUT2D eigenvalue weighted by atomic mass is 10.2. The number of methoxy groups -OCH3 is 1. The number of hydrogen-bond acceptors (Lipinski definition) is 3. The van der Waals surface area contributed by atoms with E-state index in [9.17, 15) is 4.79 Å². The lowest BCUT2D eigenvalue weighted by molar-refractivity contribution is 0.0940. The number of hydrogen-bond donors (Lipinski definition) is 1. The van der Waals surface area contributed by atoms with E-state index in [1.54, 1.807) is 12.5 Å². The van der Waals surface area contributed by atoms with Crippen molar-refractivity contribution in [2.45, 2.75) is 19.9 Å². The number of ether oxygens (including phenoxy) is 1. The Hall–Kier alpha value is -1.03. The van der Waals surface area contributed by atoms with Crippen molar-refractivity contribution in [2.24, 2.45) is 0 Å². The van der Waals surface area contributed by atoms with Crippen molar-refractivity contribution in [1.29, 1.82) is 0 Å². The molecule has 1 amide bonds. The molecule has 0 atom stereocenters. The first-order valence-corrected chi connectivity index (χ1v) is 5.00. The zero-order valence-electron chi connectivity index (χ0n) is 7.96. The van der Waals surface area contributed by atoms with Crippen molar-refractivity contribution in [1.82, 2.24) is 5.32 Å². The van der Waals surface area contributed by atoms with Crippen molar-refractivity contribution in [3.63, 3.8) is 0 Å². The van der Waals surface area contributed by atoms with Gasteiger partial charge < -0.3 is 10.1 Å². The first kappa shape index (κ1) is 10.1. The third-order valence-corrected chi connectivity index (χ3v) is 2.23. The van der Waals surface area contributed by atoms with E-state index in [2.05, 4.69) is 5.32 Å². The Morgan fingerprint density at radius 3 is 2.77 bits per heavy atom. The standard InChI is InChI=1S/C9H13NO2S/c1-6(2)10-9(11)7-4-13-5-8(7)12-3/h4-6H,1-3H3,(H,10,11). The van der Waals surface area contributed by atoms with Gasteiger partial charge in [0.15, 0.2) is 0 Å². The maximum atomic E-state index is 11.5. The second-order valence-corrected chi connectivity index (χ2v) is 3.73. The van der Waals surface area contributed by atoms with E-state index < -0.39 is 0 Å². The maximum Gasteiger partial charge on any atom is 0.256 e. The first-order chi connectivity index (χ1) is 6.15. The molecule has 0 aliphatic heterocycles. The minimum atomic E-state index is -0.0758. The summed E-state index contributed by atoms with van der Waals surface area (Å²) in [5.74, 6) is 0.566. The summed E-state index contributed by atoms with van der Waals surface area (Å²) in [6.07, 6.45) is 0. The monoisotopic (exact) mass is 199 g/mol. The van der Waals surface area contributed by atoms with Crippen LogP contribution in [0.3, 0.4) is 0 Å². The molecule has 0 saturated carbocycles. The maximum absolute atomic E-state index is 11.5. The quantitative estimate of drug-likeness (QED) is 0.807. The van der Waals surface area contributed by atoms with Gasteiger partial charge in [-0.25, -0.2) is 0 Å². The van der Waals surface area contributed by atoms with Crippen LogP contribution in [0.5, 0.6) is 5.75 Å². The molecule has 1 N–H and O–H groups in total. The lowest BCUT2D eigenvalue weighted by Crippen LogP contribution is -2.29. The summed E-state index contributed by atoms with van der Waals surface area (Å²) in [7, 11) is 1.56. The fourth-order valence-electron chi connectivity index (χ4n) is 0.949. The van der Waals surface area contributed by atoms with Crippen LogP contribution in [-0.2, 0) is 0 Å². The molecule has 1 heterocycles. The molecule has 3 nitrogen and oxygen atoms in total. The van der Waals surface area contributed by atoms with E-state index in [4.69, 9.17) is 4.74 Å². The normalized spacial score (nSPS) is 10.2. The average Bonchev–Trinajstić information content (AvgIpc) is 2.49. The minimum Gasteiger partial charge on any atom is -0.495 e. The van der Waals surface area contributed by atoms with E-state index >= 15 is 0 Å². The van der Waals surface area contributed by atoms with Crippen LogP contribution in [0, 0.1) is 0 Å². The molecule has 13 heavy (non-hydrogen) atoms. The Kier molecular flexibility index (Phi) is 3.31. The third kappa shape index (κ3) is 2.45. The number of carbonyl (C=O) groups is 1. The molecule has 72 valence electrons.